The van der Waals surface area contributed by atoms with Gasteiger partial charge < -0.3 is 14.8 Å². The minimum atomic E-state index is -0.861. The molecule has 0 aromatic heterocycles. The summed E-state index contributed by atoms with van der Waals surface area (Å²) >= 11 is 5.62. The van der Waals surface area contributed by atoms with E-state index < -0.39 is 30.4 Å². The summed E-state index contributed by atoms with van der Waals surface area (Å²) in [4.78, 5) is 23.5. The monoisotopic (exact) mass is 351 g/mol. The Morgan fingerprint density at radius 2 is 1.92 bits per heavy atom. The summed E-state index contributed by atoms with van der Waals surface area (Å²) in [5.74, 6) is -1.32. The minimum absolute atomic E-state index is 0.116. The van der Waals surface area contributed by atoms with Crippen LogP contribution in [0.5, 0.6) is 5.75 Å². The predicted octanol–water partition coefficient (Wildman–Crippen LogP) is 3.43. The van der Waals surface area contributed by atoms with E-state index in [0.29, 0.717) is 11.4 Å². The van der Waals surface area contributed by atoms with Gasteiger partial charge in [-0.2, -0.15) is 0 Å². The lowest BCUT2D eigenvalue weighted by Crippen LogP contribution is -2.29. The van der Waals surface area contributed by atoms with Crippen molar-refractivity contribution in [1.29, 1.82) is 0 Å². The largest absolute Gasteiger partial charge is 0.479 e. The van der Waals surface area contributed by atoms with E-state index in [9.17, 15) is 14.0 Å². The van der Waals surface area contributed by atoms with Crippen LogP contribution in [0.3, 0.4) is 0 Å². The maximum absolute atomic E-state index is 13.0. The summed E-state index contributed by atoms with van der Waals surface area (Å²) in [5.41, 5.74) is 0.302. The first-order valence-electron chi connectivity index (χ1n) is 7.09. The molecule has 7 heteroatoms. The number of benzene rings is 2. The quantitative estimate of drug-likeness (QED) is 0.810. The average Bonchev–Trinajstić information content (AvgIpc) is 2.57. The van der Waals surface area contributed by atoms with Gasteiger partial charge in [-0.05, 0) is 37.3 Å². The summed E-state index contributed by atoms with van der Waals surface area (Å²) < 4.78 is 23.3. The number of para-hydroxylation sites is 1. The van der Waals surface area contributed by atoms with Crippen LogP contribution in [-0.2, 0) is 14.3 Å². The summed E-state index contributed by atoms with van der Waals surface area (Å²) in [6.07, 6.45) is -0.861. The Balaban J connectivity index is 1.80. The molecule has 0 fully saturated rings. The molecule has 1 atom stereocenters. The van der Waals surface area contributed by atoms with Crippen LogP contribution in [0.4, 0.5) is 10.1 Å². The molecule has 24 heavy (non-hydrogen) atoms. The Morgan fingerprint density at radius 1 is 1.21 bits per heavy atom. The third-order valence-electron chi connectivity index (χ3n) is 2.94. The minimum Gasteiger partial charge on any atom is -0.479 e. The first-order valence-corrected chi connectivity index (χ1v) is 7.47. The standard InChI is InChI=1S/C17H15ClFNO4/c1-11(24-13-5-3-2-4-6-13)17(22)23-10-16(21)20-12-7-8-15(19)14(18)9-12/h2-9,11H,10H2,1H3,(H,20,21)/t11-/m0/s1. The van der Waals surface area contributed by atoms with Crippen LogP contribution in [0.25, 0.3) is 0 Å². The second-order valence-corrected chi connectivity index (χ2v) is 5.27. The Morgan fingerprint density at radius 3 is 2.58 bits per heavy atom. The zero-order valence-corrected chi connectivity index (χ0v) is 13.5. The van der Waals surface area contributed by atoms with Crippen molar-refractivity contribution >= 4 is 29.2 Å². The maximum Gasteiger partial charge on any atom is 0.347 e. The van der Waals surface area contributed by atoms with Crippen molar-refractivity contribution in [2.45, 2.75) is 13.0 Å². The van der Waals surface area contributed by atoms with E-state index in [-0.39, 0.29) is 5.02 Å². The molecular formula is C17H15ClFNO4. The molecule has 1 N–H and O–H groups in total. The number of halogens is 2. The predicted molar refractivity (Wildman–Crippen MR) is 87.5 cm³/mol. The van der Waals surface area contributed by atoms with Crippen molar-refractivity contribution in [3.8, 4) is 5.75 Å². The Labute approximate surface area is 143 Å². The molecule has 2 aromatic rings. The molecule has 0 aliphatic carbocycles. The fourth-order valence-electron chi connectivity index (χ4n) is 1.78. The molecule has 1 amide bonds. The van der Waals surface area contributed by atoms with E-state index in [1.807, 2.05) is 6.07 Å². The Hall–Kier alpha value is -2.60. The lowest BCUT2D eigenvalue weighted by molar-refractivity contribution is -0.153. The number of esters is 1. The molecule has 0 unspecified atom stereocenters. The number of anilines is 1. The number of rotatable bonds is 6. The molecule has 0 aliphatic rings. The van der Waals surface area contributed by atoms with Gasteiger partial charge >= 0.3 is 5.97 Å². The molecule has 0 bridgehead atoms. The second kappa shape index (κ2) is 8.31. The fourth-order valence-corrected chi connectivity index (χ4v) is 1.96. The Bertz CT molecular complexity index is 724. The van der Waals surface area contributed by atoms with E-state index >= 15 is 0 Å². The van der Waals surface area contributed by atoms with Gasteiger partial charge in [-0.25, -0.2) is 9.18 Å². The van der Waals surface area contributed by atoms with Crippen LogP contribution < -0.4 is 10.1 Å². The number of amides is 1. The van der Waals surface area contributed by atoms with E-state index in [1.54, 1.807) is 24.3 Å². The number of carbonyl (C=O) groups excluding carboxylic acids is 2. The molecule has 0 saturated carbocycles. The highest BCUT2D eigenvalue weighted by molar-refractivity contribution is 6.31. The van der Waals surface area contributed by atoms with Crippen LogP contribution in [0, 0.1) is 5.82 Å². The molecule has 126 valence electrons. The topological polar surface area (TPSA) is 64.6 Å². The summed E-state index contributed by atoms with van der Waals surface area (Å²) in [6, 6.07) is 12.5. The first kappa shape index (κ1) is 17.7. The molecule has 2 aromatic carbocycles. The van der Waals surface area contributed by atoms with Crippen molar-refractivity contribution in [3.05, 3.63) is 59.4 Å². The van der Waals surface area contributed by atoms with Crippen molar-refractivity contribution in [3.63, 3.8) is 0 Å². The number of hydrogen-bond acceptors (Lipinski definition) is 4. The maximum atomic E-state index is 13.0. The number of carbonyl (C=O) groups is 2. The first-order chi connectivity index (χ1) is 11.5. The number of hydrogen-bond donors (Lipinski definition) is 1. The van der Waals surface area contributed by atoms with Gasteiger partial charge in [0, 0.05) is 5.69 Å². The lowest BCUT2D eigenvalue weighted by atomic mass is 10.3. The van der Waals surface area contributed by atoms with Gasteiger partial charge in [-0.1, -0.05) is 29.8 Å². The summed E-state index contributed by atoms with van der Waals surface area (Å²) in [7, 11) is 0. The van der Waals surface area contributed by atoms with Crippen LogP contribution in [0.1, 0.15) is 6.92 Å². The molecule has 0 radical (unpaired) electrons. The normalized spacial score (nSPS) is 11.5. The third-order valence-corrected chi connectivity index (χ3v) is 3.23. The van der Waals surface area contributed by atoms with Gasteiger partial charge in [0.25, 0.3) is 5.91 Å². The van der Waals surface area contributed by atoms with Crippen molar-refractivity contribution < 1.29 is 23.5 Å². The van der Waals surface area contributed by atoms with Crippen molar-refractivity contribution in [2.24, 2.45) is 0 Å². The van der Waals surface area contributed by atoms with Crippen LogP contribution in [-0.4, -0.2) is 24.6 Å². The summed E-state index contributed by atoms with van der Waals surface area (Å²) in [6.45, 7) is 1.03. The molecule has 0 aliphatic heterocycles. The highest BCUT2D eigenvalue weighted by Gasteiger charge is 2.17. The van der Waals surface area contributed by atoms with Gasteiger partial charge in [-0.15, -0.1) is 0 Å². The van der Waals surface area contributed by atoms with Crippen molar-refractivity contribution in [2.75, 3.05) is 11.9 Å². The zero-order valence-electron chi connectivity index (χ0n) is 12.8. The van der Waals surface area contributed by atoms with Crippen LogP contribution in [0.15, 0.2) is 48.5 Å². The molecule has 0 saturated heterocycles. The van der Waals surface area contributed by atoms with Gasteiger partial charge in [0.15, 0.2) is 12.7 Å². The zero-order chi connectivity index (χ0) is 17.5. The van der Waals surface area contributed by atoms with Crippen LogP contribution >= 0.6 is 11.6 Å². The van der Waals surface area contributed by atoms with Gasteiger partial charge in [0.1, 0.15) is 11.6 Å². The lowest BCUT2D eigenvalue weighted by Gasteiger charge is -2.14. The van der Waals surface area contributed by atoms with Crippen molar-refractivity contribution in [1.82, 2.24) is 0 Å². The van der Waals surface area contributed by atoms with E-state index in [0.717, 1.165) is 6.07 Å². The molecule has 5 nitrogen and oxygen atoms in total. The summed E-state index contributed by atoms with van der Waals surface area (Å²) in [5, 5.41) is 2.33. The molecular weight excluding hydrogens is 337 g/mol. The van der Waals surface area contributed by atoms with E-state index in [2.05, 4.69) is 5.32 Å². The fraction of sp³-hybridized carbons (Fsp3) is 0.176. The van der Waals surface area contributed by atoms with Gasteiger partial charge in [0.05, 0.1) is 5.02 Å². The molecule has 0 spiro atoms. The molecule has 0 heterocycles. The Kier molecular flexibility index (Phi) is 6.14. The second-order valence-electron chi connectivity index (χ2n) is 4.86. The highest BCUT2D eigenvalue weighted by Crippen LogP contribution is 2.19. The highest BCUT2D eigenvalue weighted by atomic mass is 35.5. The number of nitrogens with one attached hydrogen (secondary N) is 1. The number of ether oxygens (including phenoxy) is 2. The smallest absolute Gasteiger partial charge is 0.347 e. The third kappa shape index (κ3) is 5.24. The van der Waals surface area contributed by atoms with Gasteiger partial charge in [-0.3, -0.25) is 4.79 Å². The van der Waals surface area contributed by atoms with E-state index in [1.165, 1.54) is 19.1 Å². The molecule has 2 rings (SSSR count). The van der Waals surface area contributed by atoms with E-state index in [4.69, 9.17) is 21.1 Å². The van der Waals surface area contributed by atoms with Crippen LogP contribution in [0.2, 0.25) is 5.02 Å². The SMILES string of the molecule is C[C@H](Oc1ccccc1)C(=O)OCC(=O)Nc1ccc(F)c(Cl)c1. The van der Waals surface area contributed by atoms with Gasteiger partial charge in [0.2, 0.25) is 0 Å². The average molecular weight is 352 g/mol.